The number of nitriles is 1. The Morgan fingerprint density at radius 1 is 1.12 bits per heavy atom. The molecule has 0 spiro atoms. The number of nitrogens with zero attached hydrogens (tertiary/aromatic N) is 3. The highest BCUT2D eigenvalue weighted by atomic mass is 16.5. The number of piperidine rings is 1. The molecule has 32 heavy (non-hydrogen) atoms. The van der Waals surface area contributed by atoms with E-state index in [0.717, 1.165) is 18.8 Å². The lowest BCUT2D eigenvalue weighted by atomic mass is 10.1. The van der Waals surface area contributed by atoms with Crippen molar-refractivity contribution in [3.63, 3.8) is 0 Å². The van der Waals surface area contributed by atoms with Gasteiger partial charge in [-0.3, -0.25) is 9.36 Å². The van der Waals surface area contributed by atoms with Crippen LogP contribution in [0.25, 0.3) is 5.88 Å². The summed E-state index contributed by atoms with van der Waals surface area (Å²) in [5.74, 6) is -0.754. The van der Waals surface area contributed by atoms with Crippen LogP contribution in [0.1, 0.15) is 40.9 Å². The van der Waals surface area contributed by atoms with Gasteiger partial charge in [0.1, 0.15) is 23.0 Å². The third kappa shape index (κ3) is 4.52. The number of carbonyl (C=O) groups excluding carboxylic acids is 2. The Bertz CT molecular complexity index is 1130. The zero-order valence-electron chi connectivity index (χ0n) is 17.8. The third-order valence-corrected chi connectivity index (χ3v) is 5.43. The molecule has 1 N–H and O–H groups in total. The molecule has 1 aromatic carbocycles. The molecule has 0 saturated carbocycles. The van der Waals surface area contributed by atoms with Gasteiger partial charge >= 0.3 is 5.97 Å². The van der Waals surface area contributed by atoms with Crippen LogP contribution in [0.4, 0.5) is 11.4 Å². The fourth-order valence-corrected chi connectivity index (χ4v) is 3.84. The molecule has 1 fully saturated rings. The number of aromatic nitrogens is 1. The van der Waals surface area contributed by atoms with Crippen molar-refractivity contribution in [1.82, 2.24) is 4.57 Å². The molecule has 1 saturated heterocycles. The number of hydrogen-bond acceptors (Lipinski definition) is 6. The Morgan fingerprint density at radius 2 is 1.81 bits per heavy atom. The van der Waals surface area contributed by atoms with Gasteiger partial charge in [-0.05, 0) is 62.6 Å². The minimum Gasteiger partial charge on any atom is -0.452 e. The highest BCUT2D eigenvalue weighted by Crippen LogP contribution is 2.26. The van der Waals surface area contributed by atoms with E-state index in [-0.39, 0.29) is 22.8 Å². The second-order valence-corrected chi connectivity index (χ2v) is 7.63. The normalized spacial score (nSPS) is 13.4. The summed E-state index contributed by atoms with van der Waals surface area (Å²) >= 11 is 0. The zero-order chi connectivity index (χ0) is 22.5. The van der Waals surface area contributed by atoms with Crippen LogP contribution in [0.3, 0.4) is 0 Å². The zero-order valence-corrected chi connectivity index (χ0v) is 17.8. The van der Waals surface area contributed by atoms with Crippen molar-refractivity contribution in [2.75, 3.05) is 29.9 Å². The number of furan rings is 1. The van der Waals surface area contributed by atoms with E-state index in [9.17, 15) is 14.9 Å². The number of amides is 1. The summed E-state index contributed by atoms with van der Waals surface area (Å²) in [6.07, 6.45) is 7.07. The number of aryl methyl sites for hydroxylation is 1. The molecule has 8 nitrogen and oxygen atoms in total. The van der Waals surface area contributed by atoms with Gasteiger partial charge in [0, 0.05) is 36.9 Å². The van der Waals surface area contributed by atoms with E-state index in [2.05, 4.69) is 10.2 Å². The average Bonchev–Trinajstić information content (AvgIpc) is 3.46. The molecule has 3 aromatic rings. The minimum atomic E-state index is -0.781. The highest BCUT2D eigenvalue weighted by Gasteiger charge is 2.26. The second-order valence-electron chi connectivity index (χ2n) is 7.63. The average molecular weight is 432 g/mol. The summed E-state index contributed by atoms with van der Waals surface area (Å²) in [7, 11) is 0. The number of hydrogen-bond donors (Lipinski definition) is 1. The summed E-state index contributed by atoms with van der Waals surface area (Å²) in [5, 5.41) is 12.3. The van der Waals surface area contributed by atoms with Crippen LogP contribution in [0.15, 0.2) is 53.2 Å². The maximum absolute atomic E-state index is 12.6. The number of nitrogens with one attached hydrogen (secondary N) is 1. The molecule has 2 aromatic heterocycles. The van der Waals surface area contributed by atoms with E-state index in [0.29, 0.717) is 5.69 Å². The molecule has 8 heteroatoms. The van der Waals surface area contributed by atoms with Crippen LogP contribution >= 0.6 is 0 Å². The molecule has 1 aliphatic heterocycles. The lowest BCUT2D eigenvalue weighted by Gasteiger charge is -2.28. The highest BCUT2D eigenvalue weighted by molar-refractivity contribution is 5.97. The van der Waals surface area contributed by atoms with Gasteiger partial charge in [0.2, 0.25) is 5.88 Å². The molecule has 0 atom stereocenters. The van der Waals surface area contributed by atoms with E-state index in [1.807, 2.05) is 30.3 Å². The summed E-state index contributed by atoms with van der Waals surface area (Å²) in [6, 6.07) is 13.2. The van der Waals surface area contributed by atoms with Gasteiger partial charge in [0.25, 0.3) is 5.91 Å². The second kappa shape index (κ2) is 9.43. The van der Waals surface area contributed by atoms with Crippen molar-refractivity contribution in [2.24, 2.45) is 0 Å². The SMILES string of the molecule is Cc1oc(-n2cccc2)c(C#N)c1C(=O)OCC(=O)Nc1ccc(N2CCCCC2)cc1. The number of anilines is 2. The third-order valence-electron chi connectivity index (χ3n) is 5.43. The van der Waals surface area contributed by atoms with Gasteiger partial charge in [-0.2, -0.15) is 5.26 Å². The number of benzene rings is 1. The Kier molecular flexibility index (Phi) is 6.26. The van der Waals surface area contributed by atoms with Crippen molar-refractivity contribution in [3.8, 4) is 12.0 Å². The lowest BCUT2D eigenvalue weighted by molar-refractivity contribution is -0.119. The van der Waals surface area contributed by atoms with E-state index in [1.54, 1.807) is 36.0 Å². The molecule has 0 aliphatic carbocycles. The van der Waals surface area contributed by atoms with Crippen molar-refractivity contribution >= 4 is 23.3 Å². The molecule has 0 bridgehead atoms. The van der Waals surface area contributed by atoms with Crippen LogP contribution in [0.2, 0.25) is 0 Å². The number of esters is 1. The van der Waals surface area contributed by atoms with Crippen LogP contribution < -0.4 is 10.2 Å². The van der Waals surface area contributed by atoms with Crippen molar-refractivity contribution in [1.29, 1.82) is 5.26 Å². The standard InChI is InChI=1S/C24H24N4O4/c1-17-22(20(15-25)23(32-17)28-13-5-6-14-28)24(30)31-16-21(29)26-18-7-9-19(10-8-18)27-11-3-2-4-12-27/h5-10,13-14H,2-4,11-12,16H2,1H3,(H,26,29). The molecule has 164 valence electrons. The molecular weight excluding hydrogens is 408 g/mol. The smallest absolute Gasteiger partial charge is 0.343 e. The summed E-state index contributed by atoms with van der Waals surface area (Å²) in [5.41, 5.74) is 1.85. The molecular formula is C24H24N4O4. The van der Waals surface area contributed by atoms with Crippen LogP contribution in [0, 0.1) is 18.3 Å². The first kappa shape index (κ1) is 21.2. The first-order chi connectivity index (χ1) is 15.6. The van der Waals surface area contributed by atoms with E-state index in [1.165, 1.54) is 19.3 Å². The maximum atomic E-state index is 12.6. The van der Waals surface area contributed by atoms with Crippen LogP contribution in [-0.2, 0) is 9.53 Å². The molecule has 3 heterocycles. The summed E-state index contributed by atoms with van der Waals surface area (Å²) in [6.45, 7) is 3.20. The Morgan fingerprint density at radius 3 is 2.47 bits per heavy atom. The van der Waals surface area contributed by atoms with Gasteiger partial charge in [-0.1, -0.05) is 0 Å². The Balaban J connectivity index is 1.36. The summed E-state index contributed by atoms with van der Waals surface area (Å²) < 4.78 is 12.4. The molecule has 0 unspecified atom stereocenters. The first-order valence-electron chi connectivity index (χ1n) is 10.6. The first-order valence-corrected chi connectivity index (χ1v) is 10.6. The van der Waals surface area contributed by atoms with E-state index >= 15 is 0 Å². The maximum Gasteiger partial charge on any atom is 0.343 e. The predicted molar refractivity (Wildman–Crippen MR) is 119 cm³/mol. The summed E-state index contributed by atoms with van der Waals surface area (Å²) in [4.78, 5) is 27.2. The fraction of sp³-hybridized carbons (Fsp3) is 0.292. The van der Waals surface area contributed by atoms with Crippen molar-refractivity contribution in [3.05, 3.63) is 65.7 Å². The largest absolute Gasteiger partial charge is 0.452 e. The molecule has 1 amide bonds. The topological polar surface area (TPSA) is 100 Å². The number of carbonyl (C=O) groups is 2. The predicted octanol–water partition coefficient (Wildman–Crippen LogP) is 4.04. The van der Waals surface area contributed by atoms with Gasteiger partial charge < -0.3 is 19.4 Å². The van der Waals surface area contributed by atoms with Crippen LogP contribution in [-0.4, -0.2) is 36.1 Å². The quantitative estimate of drug-likeness (QED) is 0.590. The van der Waals surface area contributed by atoms with Gasteiger partial charge in [0.15, 0.2) is 6.61 Å². The van der Waals surface area contributed by atoms with Gasteiger partial charge in [0.05, 0.1) is 0 Å². The lowest BCUT2D eigenvalue weighted by Crippen LogP contribution is -2.29. The van der Waals surface area contributed by atoms with Gasteiger partial charge in [-0.25, -0.2) is 4.79 Å². The molecule has 4 rings (SSSR count). The van der Waals surface area contributed by atoms with Gasteiger partial charge in [-0.15, -0.1) is 0 Å². The van der Waals surface area contributed by atoms with E-state index in [4.69, 9.17) is 9.15 Å². The van der Waals surface area contributed by atoms with Crippen molar-refractivity contribution in [2.45, 2.75) is 26.2 Å². The molecule has 1 aliphatic rings. The fourth-order valence-electron chi connectivity index (χ4n) is 3.84. The Hall–Kier alpha value is -3.99. The number of rotatable bonds is 6. The minimum absolute atomic E-state index is 0.0230. The monoisotopic (exact) mass is 432 g/mol. The van der Waals surface area contributed by atoms with Crippen LogP contribution in [0.5, 0.6) is 0 Å². The number of ether oxygens (including phenoxy) is 1. The van der Waals surface area contributed by atoms with Crippen molar-refractivity contribution < 1.29 is 18.7 Å². The van der Waals surface area contributed by atoms with E-state index < -0.39 is 18.5 Å². The molecule has 0 radical (unpaired) electrons. The Labute approximate surface area is 186 Å².